The standard InChI is InChI=1S/C12H22N2O2/c1-12(16)5-3-7-14(9-6-12)10-4-8-13(2)11(10)15/h10,16H,3-9H2,1-2H3. The number of likely N-dealkylation sites (tertiary alicyclic amines) is 2. The zero-order chi connectivity index (χ0) is 11.8. The first-order valence-corrected chi connectivity index (χ1v) is 6.21. The van der Waals surface area contributed by atoms with Crippen molar-refractivity contribution in [2.24, 2.45) is 0 Å². The molecule has 0 aromatic heterocycles. The van der Waals surface area contributed by atoms with Crippen molar-refractivity contribution in [1.82, 2.24) is 9.80 Å². The SMILES string of the molecule is CN1CCC(N2CCCC(C)(O)CC2)C1=O. The topological polar surface area (TPSA) is 43.8 Å². The van der Waals surface area contributed by atoms with Crippen LogP contribution in [0.3, 0.4) is 0 Å². The van der Waals surface area contributed by atoms with Crippen LogP contribution in [-0.4, -0.2) is 59.1 Å². The van der Waals surface area contributed by atoms with Crippen molar-refractivity contribution in [3.63, 3.8) is 0 Å². The number of likely N-dealkylation sites (N-methyl/N-ethyl adjacent to an activating group) is 1. The van der Waals surface area contributed by atoms with E-state index in [4.69, 9.17) is 0 Å². The molecule has 0 bridgehead atoms. The largest absolute Gasteiger partial charge is 0.390 e. The van der Waals surface area contributed by atoms with E-state index in [2.05, 4.69) is 4.90 Å². The molecular formula is C12H22N2O2. The quantitative estimate of drug-likeness (QED) is 0.706. The summed E-state index contributed by atoms with van der Waals surface area (Å²) >= 11 is 0. The fourth-order valence-corrected chi connectivity index (χ4v) is 2.74. The van der Waals surface area contributed by atoms with Gasteiger partial charge in [0.25, 0.3) is 0 Å². The molecule has 2 atom stereocenters. The summed E-state index contributed by atoms with van der Waals surface area (Å²) in [7, 11) is 1.87. The molecule has 0 radical (unpaired) electrons. The molecule has 16 heavy (non-hydrogen) atoms. The van der Waals surface area contributed by atoms with E-state index in [-0.39, 0.29) is 11.9 Å². The van der Waals surface area contributed by atoms with E-state index < -0.39 is 5.60 Å². The third-order valence-corrected chi connectivity index (χ3v) is 3.94. The summed E-state index contributed by atoms with van der Waals surface area (Å²) in [6.45, 7) is 4.56. The van der Waals surface area contributed by atoms with E-state index >= 15 is 0 Å². The second-order valence-electron chi connectivity index (χ2n) is 5.45. The van der Waals surface area contributed by atoms with Gasteiger partial charge >= 0.3 is 0 Å². The highest BCUT2D eigenvalue weighted by Crippen LogP contribution is 2.25. The van der Waals surface area contributed by atoms with Crippen molar-refractivity contribution in [3.8, 4) is 0 Å². The van der Waals surface area contributed by atoms with Crippen molar-refractivity contribution < 1.29 is 9.90 Å². The first-order valence-electron chi connectivity index (χ1n) is 6.21. The normalized spacial score (nSPS) is 37.8. The summed E-state index contributed by atoms with van der Waals surface area (Å²) in [6.07, 6.45) is 3.55. The smallest absolute Gasteiger partial charge is 0.239 e. The maximum atomic E-state index is 11.9. The molecule has 4 heteroatoms. The average Bonchev–Trinajstić information content (AvgIpc) is 2.45. The van der Waals surface area contributed by atoms with Crippen molar-refractivity contribution in [2.75, 3.05) is 26.7 Å². The van der Waals surface area contributed by atoms with Gasteiger partial charge in [-0.25, -0.2) is 0 Å². The van der Waals surface area contributed by atoms with Gasteiger partial charge in [0.15, 0.2) is 0 Å². The molecule has 2 unspecified atom stereocenters. The van der Waals surface area contributed by atoms with Crippen LogP contribution in [0.1, 0.15) is 32.6 Å². The predicted octanol–water partition coefficient (Wildman–Crippen LogP) is 0.454. The van der Waals surface area contributed by atoms with E-state index in [9.17, 15) is 9.90 Å². The van der Waals surface area contributed by atoms with Gasteiger partial charge < -0.3 is 10.0 Å². The van der Waals surface area contributed by atoms with Gasteiger partial charge in [-0.15, -0.1) is 0 Å². The van der Waals surface area contributed by atoms with Crippen molar-refractivity contribution in [2.45, 2.75) is 44.2 Å². The van der Waals surface area contributed by atoms with Gasteiger partial charge in [0.2, 0.25) is 5.91 Å². The molecule has 2 heterocycles. The van der Waals surface area contributed by atoms with Gasteiger partial charge in [-0.2, -0.15) is 0 Å². The summed E-state index contributed by atoms with van der Waals surface area (Å²) < 4.78 is 0. The Balaban J connectivity index is 1.98. The lowest BCUT2D eigenvalue weighted by Crippen LogP contribution is -2.42. The van der Waals surface area contributed by atoms with Gasteiger partial charge in [-0.1, -0.05) is 0 Å². The highest BCUT2D eigenvalue weighted by molar-refractivity contribution is 5.83. The number of amides is 1. The molecular weight excluding hydrogens is 204 g/mol. The van der Waals surface area contributed by atoms with Crippen LogP contribution in [0.5, 0.6) is 0 Å². The Labute approximate surface area is 97.2 Å². The second-order valence-corrected chi connectivity index (χ2v) is 5.45. The van der Waals surface area contributed by atoms with Gasteiger partial charge in [0.05, 0.1) is 11.6 Å². The minimum atomic E-state index is -0.539. The zero-order valence-corrected chi connectivity index (χ0v) is 10.3. The first-order chi connectivity index (χ1) is 7.49. The van der Waals surface area contributed by atoms with E-state index in [0.717, 1.165) is 45.3 Å². The first kappa shape index (κ1) is 11.9. The van der Waals surface area contributed by atoms with Gasteiger partial charge in [-0.05, 0) is 39.2 Å². The van der Waals surface area contributed by atoms with Crippen molar-refractivity contribution in [1.29, 1.82) is 0 Å². The minimum Gasteiger partial charge on any atom is -0.390 e. The maximum Gasteiger partial charge on any atom is 0.239 e. The fraction of sp³-hybridized carbons (Fsp3) is 0.917. The van der Waals surface area contributed by atoms with Crippen LogP contribution in [0.25, 0.3) is 0 Å². The Morgan fingerprint density at radius 1 is 1.31 bits per heavy atom. The van der Waals surface area contributed by atoms with Crippen LogP contribution in [0.4, 0.5) is 0 Å². The van der Waals surface area contributed by atoms with Crippen LogP contribution in [0.2, 0.25) is 0 Å². The van der Waals surface area contributed by atoms with E-state index in [0.29, 0.717) is 0 Å². The number of rotatable bonds is 1. The summed E-state index contributed by atoms with van der Waals surface area (Å²) in [6, 6.07) is 0.0684. The van der Waals surface area contributed by atoms with Crippen LogP contribution >= 0.6 is 0 Å². The highest BCUT2D eigenvalue weighted by atomic mass is 16.3. The Hall–Kier alpha value is -0.610. The molecule has 2 aliphatic heterocycles. The number of carbonyl (C=O) groups excluding carboxylic acids is 1. The van der Waals surface area contributed by atoms with Crippen LogP contribution in [0.15, 0.2) is 0 Å². The molecule has 92 valence electrons. The number of nitrogens with zero attached hydrogens (tertiary/aromatic N) is 2. The van der Waals surface area contributed by atoms with Crippen molar-refractivity contribution in [3.05, 3.63) is 0 Å². The number of carbonyl (C=O) groups is 1. The summed E-state index contributed by atoms with van der Waals surface area (Å²) in [5.41, 5.74) is -0.539. The van der Waals surface area contributed by atoms with Gasteiger partial charge in [0, 0.05) is 20.1 Å². The molecule has 1 amide bonds. The molecule has 4 nitrogen and oxygen atoms in total. The Bertz CT molecular complexity index is 278. The summed E-state index contributed by atoms with van der Waals surface area (Å²) in [4.78, 5) is 16.0. The molecule has 1 N–H and O–H groups in total. The van der Waals surface area contributed by atoms with Gasteiger partial charge in [0.1, 0.15) is 0 Å². The van der Waals surface area contributed by atoms with Crippen LogP contribution in [-0.2, 0) is 4.79 Å². The molecule has 0 aliphatic carbocycles. The average molecular weight is 226 g/mol. The van der Waals surface area contributed by atoms with Crippen LogP contribution < -0.4 is 0 Å². The molecule has 2 fully saturated rings. The Morgan fingerprint density at radius 2 is 2.06 bits per heavy atom. The zero-order valence-electron chi connectivity index (χ0n) is 10.3. The van der Waals surface area contributed by atoms with E-state index in [1.165, 1.54) is 0 Å². The molecule has 0 spiro atoms. The number of hydrogen-bond donors (Lipinski definition) is 1. The lowest BCUT2D eigenvalue weighted by molar-refractivity contribution is -0.131. The second kappa shape index (κ2) is 4.34. The third-order valence-electron chi connectivity index (χ3n) is 3.94. The monoisotopic (exact) mass is 226 g/mol. The fourth-order valence-electron chi connectivity index (χ4n) is 2.74. The lowest BCUT2D eigenvalue weighted by atomic mass is 9.98. The Morgan fingerprint density at radius 3 is 2.69 bits per heavy atom. The van der Waals surface area contributed by atoms with Gasteiger partial charge in [-0.3, -0.25) is 9.69 Å². The lowest BCUT2D eigenvalue weighted by Gasteiger charge is -2.26. The minimum absolute atomic E-state index is 0.0684. The summed E-state index contributed by atoms with van der Waals surface area (Å²) in [5.74, 6) is 0.251. The van der Waals surface area contributed by atoms with Crippen LogP contribution in [0, 0.1) is 0 Å². The molecule has 0 saturated carbocycles. The summed E-state index contributed by atoms with van der Waals surface area (Å²) in [5, 5.41) is 10.0. The molecule has 0 aromatic carbocycles. The Kier molecular flexibility index (Phi) is 3.22. The third kappa shape index (κ3) is 2.38. The number of hydrogen-bond acceptors (Lipinski definition) is 3. The van der Waals surface area contributed by atoms with E-state index in [1.54, 1.807) is 0 Å². The predicted molar refractivity (Wildman–Crippen MR) is 62.1 cm³/mol. The van der Waals surface area contributed by atoms with Crippen molar-refractivity contribution >= 4 is 5.91 Å². The highest BCUT2D eigenvalue weighted by Gasteiger charge is 2.36. The maximum absolute atomic E-state index is 11.9. The molecule has 2 aliphatic rings. The number of aliphatic hydroxyl groups is 1. The molecule has 2 rings (SSSR count). The molecule has 2 saturated heterocycles. The van der Waals surface area contributed by atoms with E-state index in [1.807, 2.05) is 18.9 Å². The molecule has 0 aromatic rings.